The first-order valence-electron chi connectivity index (χ1n) is 10.9. The summed E-state index contributed by atoms with van der Waals surface area (Å²) in [6.07, 6.45) is 1.38. The molecule has 1 atom stereocenters. The summed E-state index contributed by atoms with van der Waals surface area (Å²) in [6.45, 7) is 8.21. The van der Waals surface area contributed by atoms with Gasteiger partial charge in [0.05, 0.1) is 30.2 Å². The van der Waals surface area contributed by atoms with Crippen LogP contribution in [0.15, 0.2) is 54.6 Å². The van der Waals surface area contributed by atoms with Gasteiger partial charge in [0.25, 0.3) is 0 Å². The quantitative estimate of drug-likeness (QED) is 0.479. The van der Waals surface area contributed by atoms with E-state index in [1.807, 2.05) is 66.2 Å². The molecule has 0 saturated carbocycles. The first-order valence-corrected chi connectivity index (χ1v) is 10.9. The zero-order valence-corrected chi connectivity index (χ0v) is 18.9. The van der Waals surface area contributed by atoms with E-state index in [-0.39, 0.29) is 0 Å². The van der Waals surface area contributed by atoms with Crippen molar-refractivity contribution in [3.63, 3.8) is 0 Å². The van der Waals surface area contributed by atoms with E-state index in [2.05, 4.69) is 18.7 Å². The van der Waals surface area contributed by atoms with Crippen molar-refractivity contribution in [2.75, 3.05) is 20.2 Å². The molecule has 0 aliphatic carbocycles. The normalized spacial score (nSPS) is 12.2. The molecular weight excluding hydrogens is 390 g/mol. The lowest BCUT2D eigenvalue weighted by molar-refractivity contribution is 0.121. The molecule has 1 heterocycles. The fourth-order valence-electron chi connectivity index (χ4n) is 3.73. The Balaban J connectivity index is 2.10. The van der Waals surface area contributed by atoms with Gasteiger partial charge in [0.1, 0.15) is 0 Å². The standard InChI is InChI=1S/C25H33N3O3/c1-5-16-27(17-19(3)29)18-21-22(6-2)26-28(20-12-8-7-9-13-20)25(21)31-24-15-11-10-14-23(24)30-4/h7-15,19,29H,5-6,16-18H2,1-4H3/t19-/m1/s1. The average molecular weight is 424 g/mol. The molecule has 166 valence electrons. The van der Waals surface area contributed by atoms with Gasteiger partial charge in [-0.05, 0) is 50.6 Å². The number of benzene rings is 2. The number of nitrogens with zero attached hydrogens (tertiary/aromatic N) is 3. The molecule has 0 unspecified atom stereocenters. The fourth-order valence-corrected chi connectivity index (χ4v) is 3.73. The smallest absolute Gasteiger partial charge is 0.227 e. The van der Waals surface area contributed by atoms with E-state index >= 15 is 0 Å². The van der Waals surface area contributed by atoms with Crippen molar-refractivity contribution in [1.29, 1.82) is 0 Å². The largest absolute Gasteiger partial charge is 0.493 e. The van der Waals surface area contributed by atoms with Crippen LogP contribution in [-0.2, 0) is 13.0 Å². The number of hydrogen-bond donors (Lipinski definition) is 1. The van der Waals surface area contributed by atoms with E-state index in [4.69, 9.17) is 14.6 Å². The van der Waals surface area contributed by atoms with Crippen LogP contribution in [0.25, 0.3) is 5.69 Å². The average Bonchev–Trinajstić information content (AvgIpc) is 3.11. The monoisotopic (exact) mass is 423 g/mol. The molecule has 6 heteroatoms. The molecule has 0 fully saturated rings. The van der Waals surface area contributed by atoms with Crippen LogP contribution < -0.4 is 9.47 Å². The third-order valence-corrected chi connectivity index (χ3v) is 5.07. The summed E-state index contributed by atoms with van der Waals surface area (Å²) < 4.78 is 13.8. The van der Waals surface area contributed by atoms with Crippen molar-refractivity contribution in [3.8, 4) is 23.1 Å². The number of ether oxygens (including phenoxy) is 2. The van der Waals surface area contributed by atoms with Crippen LogP contribution in [0.1, 0.15) is 38.4 Å². The molecule has 0 radical (unpaired) electrons. The minimum Gasteiger partial charge on any atom is -0.493 e. The second-order valence-electron chi connectivity index (χ2n) is 7.67. The summed E-state index contributed by atoms with van der Waals surface area (Å²) in [4.78, 5) is 2.26. The molecule has 0 aliphatic heterocycles. The van der Waals surface area contributed by atoms with Crippen LogP contribution in [0, 0.1) is 0 Å². The molecule has 0 spiro atoms. The van der Waals surface area contributed by atoms with Crippen LogP contribution in [0.2, 0.25) is 0 Å². The topological polar surface area (TPSA) is 59.8 Å². The number of aliphatic hydroxyl groups is 1. The molecule has 3 aromatic rings. The minimum absolute atomic E-state index is 0.403. The number of rotatable bonds is 11. The van der Waals surface area contributed by atoms with Gasteiger partial charge in [0, 0.05) is 13.1 Å². The number of aliphatic hydroxyl groups excluding tert-OH is 1. The zero-order chi connectivity index (χ0) is 22.2. The Labute approximate surface area is 185 Å². The Morgan fingerprint density at radius 2 is 1.71 bits per heavy atom. The van der Waals surface area contributed by atoms with Gasteiger partial charge in [-0.15, -0.1) is 0 Å². The van der Waals surface area contributed by atoms with E-state index in [1.54, 1.807) is 7.11 Å². The molecule has 0 aliphatic rings. The van der Waals surface area contributed by atoms with Crippen molar-refractivity contribution in [2.24, 2.45) is 0 Å². The Morgan fingerprint density at radius 1 is 1.03 bits per heavy atom. The van der Waals surface area contributed by atoms with E-state index in [0.29, 0.717) is 30.5 Å². The van der Waals surface area contributed by atoms with Gasteiger partial charge >= 0.3 is 0 Å². The molecule has 6 nitrogen and oxygen atoms in total. The number of aryl methyl sites for hydroxylation is 1. The summed E-state index contributed by atoms with van der Waals surface area (Å²) in [5.74, 6) is 1.99. The van der Waals surface area contributed by atoms with Gasteiger partial charge in [-0.1, -0.05) is 44.2 Å². The molecule has 0 bridgehead atoms. The molecule has 3 rings (SSSR count). The van der Waals surface area contributed by atoms with E-state index in [1.165, 1.54) is 0 Å². The van der Waals surface area contributed by atoms with Crippen LogP contribution >= 0.6 is 0 Å². The maximum atomic E-state index is 10.00. The van der Waals surface area contributed by atoms with Gasteiger partial charge in [0.15, 0.2) is 11.5 Å². The molecule has 31 heavy (non-hydrogen) atoms. The Kier molecular flexibility index (Phi) is 8.09. The summed E-state index contributed by atoms with van der Waals surface area (Å²) in [5.41, 5.74) is 2.96. The highest BCUT2D eigenvalue weighted by atomic mass is 16.5. The molecule has 0 amide bonds. The van der Waals surface area contributed by atoms with Crippen molar-refractivity contribution < 1.29 is 14.6 Å². The van der Waals surface area contributed by atoms with E-state index < -0.39 is 6.10 Å². The van der Waals surface area contributed by atoms with Gasteiger partial charge in [-0.25, -0.2) is 4.68 Å². The maximum absolute atomic E-state index is 10.00. The Morgan fingerprint density at radius 3 is 2.32 bits per heavy atom. The summed E-state index contributed by atoms with van der Waals surface area (Å²) in [5, 5.41) is 14.9. The third-order valence-electron chi connectivity index (χ3n) is 5.07. The van der Waals surface area contributed by atoms with Crippen molar-refractivity contribution in [2.45, 2.75) is 46.3 Å². The first kappa shape index (κ1) is 22.8. The number of aromatic nitrogens is 2. The second-order valence-corrected chi connectivity index (χ2v) is 7.67. The predicted octanol–water partition coefficient (Wildman–Crippen LogP) is 4.83. The second kappa shape index (κ2) is 11.0. The van der Waals surface area contributed by atoms with Crippen LogP contribution in [0.3, 0.4) is 0 Å². The van der Waals surface area contributed by atoms with Crippen molar-refractivity contribution >= 4 is 0 Å². The SMILES string of the molecule is CCCN(Cc1c(CC)nn(-c2ccccc2)c1Oc1ccccc1OC)C[C@@H](C)O. The molecule has 1 aromatic heterocycles. The van der Waals surface area contributed by atoms with Crippen molar-refractivity contribution in [3.05, 3.63) is 65.9 Å². The maximum Gasteiger partial charge on any atom is 0.227 e. The lowest BCUT2D eigenvalue weighted by Gasteiger charge is -2.24. The lowest BCUT2D eigenvalue weighted by atomic mass is 10.1. The summed E-state index contributed by atoms with van der Waals surface area (Å²) in [7, 11) is 1.64. The Bertz CT molecular complexity index is 954. The minimum atomic E-state index is -0.403. The van der Waals surface area contributed by atoms with Crippen LogP contribution in [0.5, 0.6) is 17.4 Å². The highest BCUT2D eigenvalue weighted by Gasteiger charge is 2.23. The van der Waals surface area contributed by atoms with Gasteiger partial charge in [-0.2, -0.15) is 5.10 Å². The molecule has 0 saturated heterocycles. The van der Waals surface area contributed by atoms with Gasteiger partial charge < -0.3 is 14.6 Å². The molecule has 1 N–H and O–H groups in total. The fraction of sp³-hybridized carbons (Fsp3) is 0.400. The lowest BCUT2D eigenvalue weighted by Crippen LogP contribution is -2.31. The molecule has 2 aromatic carbocycles. The van der Waals surface area contributed by atoms with Crippen molar-refractivity contribution in [1.82, 2.24) is 14.7 Å². The highest BCUT2D eigenvalue weighted by Crippen LogP contribution is 2.36. The number of hydrogen-bond acceptors (Lipinski definition) is 5. The number of methoxy groups -OCH3 is 1. The summed E-state index contributed by atoms with van der Waals surface area (Å²) >= 11 is 0. The van der Waals surface area contributed by atoms with E-state index in [9.17, 15) is 5.11 Å². The van der Waals surface area contributed by atoms with Crippen LogP contribution in [-0.4, -0.2) is 46.1 Å². The zero-order valence-electron chi connectivity index (χ0n) is 18.9. The van der Waals surface area contributed by atoms with Gasteiger partial charge in [0.2, 0.25) is 5.88 Å². The predicted molar refractivity (Wildman–Crippen MR) is 123 cm³/mol. The first-order chi connectivity index (χ1) is 15.1. The highest BCUT2D eigenvalue weighted by molar-refractivity contribution is 5.47. The summed E-state index contributed by atoms with van der Waals surface area (Å²) in [6, 6.07) is 17.6. The number of para-hydroxylation sites is 3. The molecular formula is C25H33N3O3. The van der Waals surface area contributed by atoms with Crippen LogP contribution in [0.4, 0.5) is 0 Å². The Hall–Kier alpha value is -2.83. The van der Waals surface area contributed by atoms with Gasteiger partial charge in [-0.3, -0.25) is 4.90 Å². The van der Waals surface area contributed by atoms with E-state index in [0.717, 1.165) is 36.3 Å². The third kappa shape index (κ3) is 5.66.